The van der Waals surface area contributed by atoms with Crippen molar-refractivity contribution < 1.29 is 19.2 Å². The number of hydrogen-bond acceptors (Lipinski definition) is 5. The Kier molecular flexibility index (Phi) is 8.18. The SMILES string of the molecule is O=C(CN1C(=O)[C@@H](NC(=O)[C@@H]2CCC(=O)N2)[C@H](c2ccccc2)Sc2cc(Cl)ccc21)NCc1ccccc1. The largest absolute Gasteiger partial charge is 0.350 e. The lowest BCUT2D eigenvalue weighted by Crippen LogP contribution is -2.55. The molecule has 3 aromatic rings. The lowest BCUT2D eigenvalue weighted by atomic mass is 10.0. The first-order chi connectivity index (χ1) is 18.9. The standard InChI is InChI=1S/C29H27ClN4O4S/c30-20-11-13-22-23(15-20)39-27(19-9-5-2-6-10-19)26(33-28(37)21-12-14-24(35)32-21)29(38)34(22)17-25(36)31-16-18-7-3-1-4-8-18/h1-11,13,15,21,26-27H,12,14,16-17H2,(H,31,36)(H,32,35)(H,33,37)/t21-,26-,27-/m0/s1. The van der Waals surface area contributed by atoms with E-state index in [0.717, 1.165) is 11.1 Å². The molecule has 0 saturated carbocycles. The van der Waals surface area contributed by atoms with Crippen molar-refractivity contribution >= 4 is 52.7 Å². The number of halogens is 1. The zero-order valence-corrected chi connectivity index (χ0v) is 22.5. The Morgan fingerprint density at radius 2 is 1.72 bits per heavy atom. The minimum Gasteiger partial charge on any atom is -0.350 e. The fourth-order valence-corrected chi connectivity index (χ4v) is 6.31. The van der Waals surface area contributed by atoms with Crippen LogP contribution < -0.4 is 20.9 Å². The van der Waals surface area contributed by atoms with Gasteiger partial charge in [0.25, 0.3) is 5.91 Å². The minimum atomic E-state index is -1.00. The third kappa shape index (κ3) is 6.26. The van der Waals surface area contributed by atoms with E-state index in [1.54, 1.807) is 18.2 Å². The van der Waals surface area contributed by atoms with Gasteiger partial charge in [-0.15, -0.1) is 11.8 Å². The molecule has 1 saturated heterocycles. The molecule has 3 N–H and O–H groups in total. The van der Waals surface area contributed by atoms with E-state index in [1.165, 1.54) is 16.7 Å². The second-order valence-corrected chi connectivity index (χ2v) is 11.0. The fourth-order valence-electron chi connectivity index (χ4n) is 4.69. The number of fused-ring (bicyclic) bond motifs is 1. The van der Waals surface area contributed by atoms with Crippen molar-refractivity contribution in [2.24, 2.45) is 0 Å². The molecule has 0 radical (unpaired) electrons. The number of carbonyl (C=O) groups excluding carboxylic acids is 4. The molecule has 3 aromatic carbocycles. The zero-order valence-electron chi connectivity index (χ0n) is 20.9. The Hall–Kier alpha value is -3.82. The van der Waals surface area contributed by atoms with Gasteiger partial charge in [0.2, 0.25) is 17.7 Å². The summed E-state index contributed by atoms with van der Waals surface area (Å²) in [4.78, 5) is 54.3. The van der Waals surface area contributed by atoms with Crippen molar-refractivity contribution in [1.29, 1.82) is 0 Å². The molecule has 5 rings (SSSR count). The Labute approximate surface area is 235 Å². The molecule has 1 fully saturated rings. The summed E-state index contributed by atoms with van der Waals surface area (Å²) in [6.07, 6.45) is 0.612. The summed E-state index contributed by atoms with van der Waals surface area (Å²) in [5, 5.41) is 8.43. The monoisotopic (exact) mass is 562 g/mol. The van der Waals surface area contributed by atoms with Crippen molar-refractivity contribution in [1.82, 2.24) is 16.0 Å². The van der Waals surface area contributed by atoms with Gasteiger partial charge in [-0.1, -0.05) is 72.3 Å². The number of amides is 4. The van der Waals surface area contributed by atoms with E-state index in [9.17, 15) is 19.2 Å². The highest BCUT2D eigenvalue weighted by Gasteiger charge is 2.41. The van der Waals surface area contributed by atoms with E-state index in [4.69, 9.17) is 11.6 Å². The van der Waals surface area contributed by atoms with E-state index in [-0.39, 0.29) is 24.8 Å². The molecular weight excluding hydrogens is 536 g/mol. The van der Waals surface area contributed by atoms with Crippen LogP contribution in [0.2, 0.25) is 5.02 Å². The molecule has 0 aliphatic carbocycles. The van der Waals surface area contributed by atoms with Gasteiger partial charge in [-0.3, -0.25) is 19.2 Å². The van der Waals surface area contributed by atoms with Gasteiger partial charge < -0.3 is 20.9 Å². The van der Waals surface area contributed by atoms with E-state index in [0.29, 0.717) is 28.6 Å². The first-order valence-corrected chi connectivity index (χ1v) is 13.9. The summed E-state index contributed by atoms with van der Waals surface area (Å²) >= 11 is 7.75. The Bertz CT molecular complexity index is 1390. The average molecular weight is 563 g/mol. The van der Waals surface area contributed by atoms with Gasteiger partial charge >= 0.3 is 0 Å². The molecule has 2 aliphatic heterocycles. The Morgan fingerprint density at radius 3 is 2.41 bits per heavy atom. The third-order valence-electron chi connectivity index (χ3n) is 6.67. The van der Waals surface area contributed by atoms with Gasteiger partial charge in [0.15, 0.2) is 0 Å². The van der Waals surface area contributed by atoms with Gasteiger partial charge in [-0.2, -0.15) is 0 Å². The Balaban J connectivity index is 1.47. The van der Waals surface area contributed by atoms with Crippen molar-refractivity contribution in [3.8, 4) is 0 Å². The highest BCUT2D eigenvalue weighted by atomic mass is 35.5. The summed E-state index contributed by atoms with van der Waals surface area (Å²) in [5.74, 6) is -1.40. The van der Waals surface area contributed by atoms with Crippen molar-refractivity contribution in [3.63, 3.8) is 0 Å². The summed E-state index contributed by atoms with van der Waals surface area (Å²) in [7, 11) is 0. The minimum absolute atomic E-state index is 0.199. The summed E-state index contributed by atoms with van der Waals surface area (Å²) in [6.45, 7) is 0.0764. The van der Waals surface area contributed by atoms with Crippen LogP contribution in [0.5, 0.6) is 0 Å². The topological polar surface area (TPSA) is 108 Å². The van der Waals surface area contributed by atoms with Gasteiger partial charge in [-0.05, 0) is 35.7 Å². The van der Waals surface area contributed by atoms with Crippen LogP contribution in [0.4, 0.5) is 5.69 Å². The van der Waals surface area contributed by atoms with Crippen molar-refractivity contribution in [2.45, 2.75) is 41.6 Å². The number of anilines is 1. The molecule has 0 aromatic heterocycles. The predicted octanol–water partition coefficient (Wildman–Crippen LogP) is 3.60. The predicted molar refractivity (Wildman–Crippen MR) is 150 cm³/mol. The molecule has 2 aliphatic rings. The lowest BCUT2D eigenvalue weighted by molar-refractivity contribution is -0.130. The van der Waals surface area contributed by atoms with Gasteiger partial charge in [0, 0.05) is 22.9 Å². The zero-order chi connectivity index (χ0) is 27.4. The van der Waals surface area contributed by atoms with Crippen molar-refractivity contribution in [3.05, 3.63) is 95.0 Å². The van der Waals surface area contributed by atoms with E-state index >= 15 is 0 Å². The number of benzene rings is 3. The van der Waals surface area contributed by atoms with Gasteiger partial charge in [0.1, 0.15) is 18.6 Å². The highest BCUT2D eigenvalue weighted by Crippen LogP contribution is 2.46. The van der Waals surface area contributed by atoms with Crippen LogP contribution in [-0.2, 0) is 25.7 Å². The molecule has 3 atom stereocenters. The van der Waals surface area contributed by atoms with Crippen LogP contribution in [0.1, 0.15) is 29.2 Å². The summed E-state index contributed by atoms with van der Waals surface area (Å²) < 4.78 is 0. The maximum Gasteiger partial charge on any atom is 0.251 e. The molecule has 39 heavy (non-hydrogen) atoms. The molecule has 4 amide bonds. The third-order valence-corrected chi connectivity index (χ3v) is 8.29. The van der Waals surface area contributed by atoms with Crippen LogP contribution in [0, 0.1) is 0 Å². The average Bonchev–Trinajstić information content (AvgIpc) is 3.36. The Morgan fingerprint density at radius 1 is 1.00 bits per heavy atom. The molecule has 200 valence electrons. The molecular formula is C29H27ClN4O4S. The van der Waals surface area contributed by atoms with E-state index in [2.05, 4.69) is 16.0 Å². The maximum absolute atomic E-state index is 14.2. The van der Waals surface area contributed by atoms with Crippen LogP contribution in [0.25, 0.3) is 0 Å². The van der Waals surface area contributed by atoms with E-state index < -0.39 is 29.1 Å². The number of carbonyl (C=O) groups is 4. The normalized spacial score (nSPS) is 20.5. The number of hydrogen-bond donors (Lipinski definition) is 3. The molecule has 2 heterocycles. The van der Waals surface area contributed by atoms with Gasteiger partial charge in [-0.25, -0.2) is 0 Å². The fraction of sp³-hybridized carbons (Fsp3) is 0.241. The number of nitrogens with zero attached hydrogens (tertiary/aromatic N) is 1. The second-order valence-electron chi connectivity index (χ2n) is 9.39. The molecule has 0 unspecified atom stereocenters. The number of rotatable bonds is 7. The van der Waals surface area contributed by atoms with Crippen LogP contribution in [0.3, 0.4) is 0 Å². The number of thioether (sulfide) groups is 1. The van der Waals surface area contributed by atoms with Crippen LogP contribution in [0.15, 0.2) is 83.8 Å². The lowest BCUT2D eigenvalue weighted by Gasteiger charge is -2.29. The molecule has 0 spiro atoms. The first-order valence-electron chi connectivity index (χ1n) is 12.6. The van der Waals surface area contributed by atoms with Crippen molar-refractivity contribution in [2.75, 3.05) is 11.4 Å². The van der Waals surface area contributed by atoms with Gasteiger partial charge in [0.05, 0.1) is 10.9 Å². The first kappa shape index (κ1) is 26.8. The maximum atomic E-state index is 14.2. The van der Waals surface area contributed by atoms with E-state index in [1.807, 2.05) is 60.7 Å². The van der Waals surface area contributed by atoms with Crippen LogP contribution >= 0.6 is 23.4 Å². The van der Waals surface area contributed by atoms with Crippen LogP contribution in [-0.4, -0.2) is 42.3 Å². The summed E-state index contributed by atoms with van der Waals surface area (Å²) in [6, 6.07) is 22.3. The smallest absolute Gasteiger partial charge is 0.251 e. The second kappa shape index (κ2) is 11.9. The molecule has 10 heteroatoms. The quantitative estimate of drug-likeness (QED) is 0.408. The molecule has 8 nitrogen and oxygen atoms in total. The summed E-state index contributed by atoms with van der Waals surface area (Å²) in [5.41, 5.74) is 2.30. The molecule has 0 bridgehead atoms. The highest BCUT2D eigenvalue weighted by molar-refractivity contribution is 7.99. The number of nitrogens with one attached hydrogen (secondary N) is 3.